The highest BCUT2D eigenvalue weighted by Crippen LogP contribution is 2.13. The molecule has 68 heavy (non-hydrogen) atoms. The second kappa shape index (κ2) is 26.9. The molecule has 376 valence electrons. The molecule has 0 spiro atoms. The van der Waals surface area contributed by atoms with Crippen LogP contribution in [-0.2, 0) is 60.8 Å². The lowest BCUT2D eigenvalue weighted by Crippen LogP contribution is -2.61. The van der Waals surface area contributed by atoms with Gasteiger partial charge < -0.3 is 68.6 Å². The Hall–Kier alpha value is -7.11. The van der Waals surface area contributed by atoms with Gasteiger partial charge in [-0.05, 0) is 69.1 Å². The van der Waals surface area contributed by atoms with Crippen molar-refractivity contribution in [3.05, 3.63) is 48.0 Å². The van der Waals surface area contributed by atoms with E-state index in [9.17, 15) is 63.3 Å². The normalized spacial score (nSPS) is 15.2. The molecule has 8 amide bonds. The summed E-state index contributed by atoms with van der Waals surface area (Å²) < 4.78 is 0. The first-order valence-corrected chi connectivity index (χ1v) is 22.1. The van der Waals surface area contributed by atoms with Gasteiger partial charge in [-0.25, -0.2) is 9.78 Å². The van der Waals surface area contributed by atoms with Crippen LogP contribution in [0.1, 0.15) is 86.4 Å². The highest BCUT2D eigenvalue weighted by Gasteiger charge is 2.35. The smallest absolute Gasteiger partial charge is 0.326 e. The first-order chi connectivity index (χ1) is 31.7. The van der Waals surface area contributed by atoms with Crippen LogP contribution in [0.4, 0.5) is 0 Å². The number of phenols is 1. The van der Waals surface area contributed by atoms with Crippen LogP contribution in [0, 0.1) is 17.8 Å². The summed E-state index contributed by atoms with van der Waals surface area (Å²) in [6.07, 6.45) is 1.67. The van der Waals surface area contributed by atoms with Crippen LogP contribution in [0.3, 0.4) is 0 Å². The Morgan fingerprint density at radius 3 is 1.51 bits per heavy atom. The molecule has 0 saturated heterocycles. The number of aliphatic carboxylic acids is 2. The molecular weight excluding hydrogens is 891 g/mol. The van der Waals surface area contributed by atoms with Crippen molar-refractivity contribution in [2.45, 2.75) is 142 Å². The van der Waals surface area contributed by atoms with Crippen molar-refractivity contribution in [1.29, 1.82) is 0 Å². The third-order valence-electron chi connectivity index (χ3n) is 10.4. The highest BCUT2D eigenvalue weighted by molar-refractivity contribution is 5.98. The summed E-state index contributed by atoms with van der Waals surface area (Å²) in [4.78, 5) is 137. The Morgan fingerprint density at radius 1 is 0.559 bits per heavy atom. The van der Waals surface area contributed by atoms with E-state index in [-0.39, 0.29) is 30.9 Å². The molecule has 0 fully saturated rings. The standard InChI is InChI=1S/C44H67N11O13/c1-20(2)14-30(52-39(62)29(45)15-26-10-12-28(56)13-11-26)40(63)49-24(8)37(60)51-32(17-33(57)58)41(64)53-31(16-27-18-46-19-47-27)42(65)54-34(21(3)4)43(66)50-23(7)36(59)48-25(9)38(61)55-35(22(5)6)44(67)68/h10-13,18-25,29-32,34-35,56H,14-17,45H2,1-9H3,(H,46,47)(H,48,59)(H,49,63)(H,50,66)(H,51,60)(H,52,62)(H,53,64)(H,54,65)(H,55,61)(H,57,58)(H,67,68)/t23-,24-,25-,29-,30-,31-,32-,34-,35-/m0/s1. The van der Waals surface area contributed by atoms with E-state index < -0.39 is 132 Å². The molecule has 24 nitrogen and oxygen atoms in total. The molecule has 1 aromatic carbocycles. The van der Waals surface area contributed by atoms with Crippen molar-refractivity contribution in [2.24, 2.45) is 23.5 Å². The summed E-state index contributed by atoms with van der Waals surface area (Å²) >= 11 is 0. The van der Waals surface area contributed by atoms with E-state index in [1.807, 2.05) is 0 Å². The van der Waals surface area contributed by atoms with Gasteiger partial charge in [-0.15, -0.1) is 0 Å². The van der Waals surface area contributed by atoms with Gasteiger partial charge in [-0.1, -0.05) is 53.7 Å². The van der Waals surface area contributed by atoms with E-state index in [0.717, 1.165) is 0 Å². The molecule has 1 heterocycles. The molecule has 0 radical (unpaired) electrons. The Labute approximate surface area is 393 Å². The van der Waals surface area contributed by atoms with Crippen molar-refractivity contribution >= 4 is 59.2 Å². The largest absolute Gasteiger partial charge is 0.508 e. The van der Waals surface area contributed by atoms with Gasteiger partial charge >= 0.3 is 11.9 Å². The molecule has 9 atom stereocenters. The average Bonchev–Trinajstić information content (AvgIpc) is 3.76. The number of nitrogens with zero attached hydrogens (tertiary/aromatic N) is 1. The molecule has 0 unspecified atom stereocenters. The number of nitrogens with one attached hydrogen (secondary N) is 9. The number of carbonyl (C=O) groups excluding carboxylic acids is 8. The van der Waals surface area contributed by atoms with Crippen LogP contribution >= 0.6 is 0 Å². The third kappa shape index (κ3) is 19.0. The van der Waals surface area contributed by atoms with E-state index >= 15 is 0 Å². The van der Waals surface area contributed by atoms with E-state index in [0.29, 0.717) is 11.3 Å². The minimum absolute atomic E-state index is 0.0301. The van der Waals surface area contributed by atoms with Gasteiger partial charge in [-0.2, -0.15) is 0 Å². The molecule has 0 saturated carbocycles. The first kappa shape index (κ1) is 57.0. The van der Waals surface area contributed by atoms with Gasteiger partial charge in [0.05, 0.1) is 18.8 Å². The summed E-state index contributed by atoms with van der Waals surface area (Å²) in [5.41, 5.74) is 7.10. The lowest BCUT2D eigenvalue weighted by molar-refractivity contribution is -0.143. The molecular formula is C44H67N11O13. The molecule has 2 rings (SSSR count). The maximum absolute atomic E-state index is 13.9. The summed E-state index contributed by atoms with van der Waals surface area (Å²) in [5, 5.41) is 48.2. The van der Waals surface area contributed by atoms with Crippen LogP contribution in [0.15, 0.2) is 36.8 Å². The first-order valence-electron chi connectivity index (χ1n) is 22.1. The number of benzene rings is 1. The summed E-state index contributed by atoms with van der Waals surface area (Å²) in [7, 11) is 0. The summed E-state index contributed by atoms with van der Waals surface area (Å²) in [6.45, 7) is 13.9. The van der Waals surface area contributed by atoms with Crippen LogP contribution in [-0.4, -0.2) is 139 Å². The zero-order chi connectivity index (χ0) is 51.6. The van der Waals surface area contributed by atoms with Gasteiger partial charge in [0.2, 0.25) is 47.3 Å². The van der Waals surface area contributed by atoms with Crippen LogP contribution in [0.5, 0.6) is 5.75 Å². The molecule has 24 heteroatoms. The second-order valence-corrected chi connectivity index (χ2v) is 17.7. The quantitative estimate of drug-likeness (QED) is 0.0465. The Bertz CT molecular complexity index is 2080. The van der Waals surface area contributed by atoms with E-state index in [1.165, 1.54) is 45.4 Å². The Morgan fingerprint density at radius 2 is 1.01 bits per heavy atom. The van der Waals surface area contributed by atoms with Crippen molar-refractivity contribution in [3.8, 4) is 5.75 Å². The fraction of sp³-hybridized carbons (Fsp3) is 0.568. The number of aromatic hydroxyl groups is 1. The van der Waals surface area contributed by atoms with Gasteiger partial charge in [0.1, 0.15) is 54.1 Å². The predicted octanol–water partition coefficient (Wildman–Crippen LogP) is -1.92. The number of H-pyrrole nitrogens is 1. The number of aromatic amines is 1. The maximum atomic E-state index is 13.9. The minimum Gasteiger partial charge on any atom is -0.508 e. The number of phenolic OH excluding ortho intramolecular Hbond substituents is 1. The van der Waals surface area contributed by atoms with Crippen molar-refractivity contribution in [2.75, 3.05) is 0 Å². The van der Waals surface area contributed by atoms with Gasteiger partial charge in [0, 0.05) is 18.3 Å². The van der Waals surface area contributed by atoms with E-state index in [2.05, 4.69) is 52.5 Å². The van der Waals surface area contributed by atoms with Gasteiger partial charge in [0.15, 0.2) is 0 Å². The van der Waals surface area contributed by atoms with E-state index in [4.69, 9.17) is 5.73 Å². The van der Waals surface area contributed by atoms with Crippen LogP contribution < -0.4 is 48.3 Å². The predicted molar refractivity (Wildman–Crippen MR) is 244 cm³/mol. The zero-order valence-corrected chi connectivity index (χ0v) is 39.7. The zero-order valence-electron chi connectivity index (χ0n) is 39.7. The second-order valence-electron chi connectivity index (χ2n) is 17.7. The van der Waals surface area contributed by atoms with Crippen molar-refractivity contribution < 1.29 is 63.3 Å². The summed E-state index contributed by atoms with van der Waals surface area (Å²) in [6, 6.07) is -5.83. The van der Waals surface area contributed by atoms with Crippen LogP contribution in [0.25, 0.3) is 0 Å². The fourth-order valence-electron chi connectivity index (χ4n) is 6.47. The number of carboxylic acids is 2. The third-order valence-corrected chi connectivity index (χ3v) is 10.4. The van der Waals surface area contributed by atoms with Crippen molar-refractivity contribution in [1.82, 2.24) is 52.5 Å². The SMILES string of the molecule is CC(C)C[C@H](NC(=O)[C@@H](N)Cc1ccc(O)cc1)C(=O)N[C@@H](C)C(=O)N[C@@H](CC(=O)O)C(=O)N[C@@H](Cc1cnc[nH]1)C(=O)N[C@H](C(=O)N[C@@H](C)C(=O)N[C@@H](C)C(=O)N[C@H](C(=O)O)C(C)C)C(C)C. The minimum atomic E-state index is -1.80. The lowest BCUT2D eigenvalue weighted by Gasteiger charge is -2.28. The molecule has 1 aromatic heterocycles. The number of imidazole rings is 1. The molecule has 0 bridgehead atoms. The number of carbonyl (C=O) groups is 10. The monoisotopic (exact) mass is 957 g/mol. The number of rotatable bonds is 27. The molecule has 0 aliphatic rings. The van der Waals surface area contributed by atoms with Crippen LogP contribution in [0.2, 0.25) is 0 Å². The number of amides is 8. The molecule has 14 N–H and O–H groups in total. The van der Waals surface area contributed by atoms with Gasteiger partial charge in [0.25, 0.3) is 0 Å². The average molecular weight is 958 g/mol. The highest BCUT2D eigenvalue weighted by atomic mass is 16.4. The maximum Gasteiger partial charge on any atom is 0.326 e. The number of hydrogen-bond acceptors (Lipinski definition) is 13. The summed E-state index contributed by atoms with van der Waals surface area (Å²) in [5.74, 6) is -10.8. The fourth-order valence-corrected chi connectivity index (χ4v) is 6.47. The number of carboxylic acid groups (broad SMARTS) is 2. The molecule has 0 aliphatic heterocycles. The Kier molecular flexibility index (Phi) is 22.5. The topological polar surface area (TPSA) is 382 Å². The van der Waals surface area contributed by atoms with E-state index in [1.54, 1.807) is 53.7 Å². The molecule has 0 aliphatic carbocycles. The van der Waals surface area contributed by atoms with Crippen molar-refractivity contribution in [3.63, 3.8) is 0 Å². The lowest BCUT2D eigenvalue weighted by atomic mass is 10.0. The Balaban J connectivity index is 2.19. The van der Waals surface area contributed by atoms with Gasteiger partial charge in [-0.3, -0.25) is 43.2 Å². The number of hydrogen-bond donors (Lipinski definition) is 13. The number of nitrogens with two attached hydrogens (primary N) is 1. The number of aromatic nitrogens is 2. The molecule has 2 aromatic rings.